The van der Waals surface area contributed by atoms with E-state index >= 15 is 0 Å². The number of halogens is 3. The summed E-state index contributed by atoms with van der Waals surface area (Å²) in [4.78, 5) is 71.3. The smallest absolute Gasteiger partial charge is 0.416 e. The van der Waals surface area contributed by atoms with E-state index < -0.39 is 91.6 Å². The molecule has 1 fully saturated rings. The third kappa shape index (κ3) is 17.4. The molecule has 5 unspecified atom stereocenters. The first-order valence-electron chi connectivity index (χ1n) is 22.9. The topological polar surface area (TPSA) is 164 Å². The Morgan fingerprint density at radius 2 is 1.24 bits per heavy atom. The minimum absolute atomic E-state index is 0.0260. The highest BCUT2D eigenvalue weighted by molar-refractivity contribution is 6.74. The molecule has 67 heavy (non-hydrogen) atoms. The molecule has 4 rings (SSSR count). The summed E-state index contributed by atoms with van der Waals surface area (Å²) >= 11 is 0. The van der Waals surface area contributed by atoms with Gasteiger partial charge in [-0.15, -0.1) is 0 Å². The van der Waals surface area contributed by atoms with Gasteiger partial charge in [0.1, 0.15) is 17.7 Å². The Morgan fingerprint density at radius 1 is 0.701 bits per heavy atom. The van der Waals surface area contributed by atoms with Crippen molar-refractivity contribution in [3.05, 3.63) is 107 Å². The summed E-state index contributed by atoms with van der Waals surface area (Å²) in [6, 6.07) is 19.2. The lowest BCUT2D eigenvalue weighted by Crippen LogP contribution is -2.59. The van der Waals surface area contributed by atoms with Gasteiger partial charge >= 0.3 is 18.3 Å². The average Bonchev–Trinajstić information content (AvgIpc) is 3.24. The standard InChI is InChI=1S/C50H70F3N5O8Si/c1-33(2)42(45(61)54-40(31-35-19-15-12-16-20-35)44(60)57-46(62)58-25-27-64-28-26-58)56-43(59)37(29-36-21-23-38(24-22-36)50(51,52)53)32-41(66-67(9,10)49(6,7)8)39(30-34-17-13-11-14-18-34)55-47(63)65-48(3,4)5/h11-24,33,37,39-42H,25-32H2,1-10H3,(H,54,61)(H,55,63)(H,56,59)(H,57,60,62). The number of amides is 6. The van der Waals surface area contributed by atoms with Gasteiger partial charge in [0.15, 0.2) is 8.32 Å². The zero-order valence-electron chi connectivity index (χ0n) is 40.6. The third-order valence-electron chi connectivity index (χ3n) is 12.0. The molecule has 0 aliphatic carbocycles. The summed E-state index contributed by atoms with van der Waals surface area (Å²) in [6.07, 6.45) is -5.89. The first-order chi connectivity index (χ1) is 31.2. The number of hydrogen-bond donors (Lipinski definition) is 4. The molecule has 0 bridgehead atoms. The van der Waals surface area contributed by atoms with Crippen molar-refractivity contribution in [3.8, 4) is 0 Å². The van der Waals surface area contributed by atoms with Crippen LogP contribution in [0.3, 0.4) is 0 Å². The maximum Gasteiger partial charge on any atom is 0.416 e. The monoisotopic (exact) mass is 953 g/mol. The van der Waals surface area contributed by atoms with E-state index in [0.29, 0.717) is 24.3 Å². The van der Waals surface area contributed by atoms with Crippen LogP contribution < -0.4 is 21.3 Å². The van der Waals surface area contributed by atoms with E-state index in [1.54, 1.807) is 58.9 Å². The number of nitrogens with one attached hydrogen (secondary N) is 4. The van der Waals surface area contributed by atoms with Crippen molar-refractivity contribution in [2.45, 2.75) is 135 Å². The van der Waals surface area contributed by atoms with Crippen LogP contribution in [-0.2, 0) is 53.7 Å². The van der Waals surface area contributed by atoms with Crippen LogP contribution in [0.1, 0.15) is 84.1 Å². The summed E-state index contributed by atoms with van der Waals surface area (Å²) in [5.74, 6) is -3.57. The molecule has 1 aliphatic rings. The van der Waals surface area contributed by atoms with Crippen LogP contribution in [-0.4, -0.2) is 99.2 Å². The second-order valence-electron chi connectivity index (χ2n) is 20.1. The Labute approximate surface area is 394 Å². The van der Waals surface area contributed by atoms with Crippen molar-refractivity contribution in [1.82, 2.24) is 26.2 Å². The number of nitrogens with zero attached hydrogens (tertiary/aromatic N) is 1. The Bertz CT molecular complexity index is 2090. The quantitative estimate of drug-likeness (QED) is 0.0928. The van der Waals surface area contributed by atoms with Gasteiger partial charge in [0.05, 0.1) is 30.9 Å². The number of alkyl carbamates (subject to hydrolysis) is 1. The van der Waals surface area contributed by atoms with Gasteiger partial charge in [-0.05, 0) is 92.9 Å². The molecule has 13 nitrogen and oxygen atoms in total. The minimum atomic E-state index is -4.59. The number of carbonyl (C=O) groups is 5. The summed E-state index contributed by atoms with van der Waals surface area (Å²) in [5.41, 5.74) is 0.315. The lowest BCUT2D eigenvalue weighted by Gasteiger charge is -2.42. The number of rotatable bonds is 18. The van der Waals surface area contributed by atoms with Crippen LogP contribution in [0.4, 0.5) is 22.8 Å². The van der Waals surface area contributed by atoms with E-state index in [0.717, 1.165) is 17.7 Å². The minimum Gasteiger partial charge on any atom is -0.444 e. The van der Waals surface area contributed by atoms with Crippen molar-refractivity contribution in [1.29, 1.82) is 0 Å². The molecule has 1 aliphatic heterocycles. The molecule has 0 radical (unpaired) electrons. The molecule has 0 spiro atoms. The van der Waals surface area contributed by atoms with Crippen LogP contribution in [0, 0.1) is 11.8 Å². The second kappa shape index (κ2) is 23.6. The number of imide groups is 1. The molecule has 3 aromatic carbocycles. The number of hydrogen-bond acceptors (Lipinski definition) is 8. The fourth-order valence-electron chi connectivity index (χ4n) is 7.29. The van der Waals surface area contributed by atoms with Crippen LogP contribution >= 0.6 is 0 Å². The van der Waals surface area contributed by atoms with E-state index in [1.807, 2.05) is 49.5 Å². The molecular formula is C50H70F3N5O8Si. The van der Waals surface area contributed by atoms with Gasteiger partial charge in [-0.1, -0.05) is 107 Å². The molecular weight excluding hydrogens is 884 g/mol. The Kier molecular flexibility index (Phi) is 19.2. The zero-order chi connectivity index (χ0) is 49.7. The van der Waals surface area contributed by atoms with Crippen molar-refractivity contribution in [3.63, 3.8) is 0 Å². The highest BCUT2D eigenvalue weighted by Gasteiger charge is 2.43. The van der Waals surface area contributed by atoms with E-state index in [2.05, 4.69) is 42.0 Å². The molecule has 5 atom stereocenters. The van der Waals surface area contributed by atoms with E-state index in [9.17, 15) is 37.1 Å². The van der Waals surface area contributed by atoms with Crippen LogP contribution in [0.5, 0.6) is 0 Å². The van der Waals surface area contributed by atoms with Crippen molar-refractivity contribution >= 4 is 38.2 Å². The van der Waals surface area contributed by atoms with E-state index in [1.165, 1.54) is 17.0 Å². The molecule has 368 valence electrons. The zero-order valence-corrected chi connectivity index (χ0v) is 41.6. The van der Waals surface area contributed by atoms with Gasteiger partial charge in [0.2, 0.25) is 11.8 Å². The number of urea groups is 1. The highest BCUT2D eigenvalue weighted by Crippen LogP contribution is 2.39. The van der Waals surface area contributed by atoms with Gasteiger partial charge in [0.25, 0.3) is 5.91 Å². The molecule has 4 N–H and O–H groups in total. The molecule has 0 aromatic heterocycles. The molecule has 1 heterocycles. The van der Waals surface area contributed by atoms with Crippen molar-refractivity contribution in [2.75, 3.05) is 26.3 Å². The molecule has 0 saturated carbocycles. The highest BCUT2D eigenvalue weighted by atomic mass is 28.4. The van der Waals surface area contributed by atoms with Gasteiger partial charge in [-0.2, -0.15) is 13.2 Å². The number of carbonyl (C=O) groups excluding carboxylic acids is 5. The first kappa shape index (κ1) is 54.3. The van der Waals surface area contributed by atoms with Crippen LogP contribution in [0.25, 0.3) is 0 Å². The Hall–Kier alpha value is -5.26. The largest absolute Gasteiger partial charge is 0.444 e. The van der Waals surface area contributed by atoms with Gasteiger partial charge in [0, 0.05) is 25.4 Å². The van der Waals surface area contributed by atoms with Crippen molar-refractivity contribution in [2.24, 2.45) is 11.8 Å². The number of ether oxygens (including phenoxy) is 2. The lowest BCUT2D eigenvalue weighted by atomic mass is 9.88. The predicted molar refractivity (Wildman–Crippen MR) is 253 cm³/mol. The van der Waals surface area contributed by atoms with Crippen LogP contribution in [0.2, 0.25) is 18.1 Å². The fourth-order valence-corrected chi connectivity index (χ4v) is 8.67. The third-order valence-corrected chi connectivity index (χ3v) is 16.5. The van der Waals surface area contributed by atoms with Gasteiger partial charge in [-0.25, -0.2) is 9.59 Å². The molecule has 3 aromatic rings. The van der Waals surface area contributed by atoms with E-state index in [-0.39, 0.29) is 43.8 Å². The summed E-state index contributed by atoms with van der Waals surface area (Å²) in [7, 11) is -2.70. The van der Waals surface area contributed by atoms with E-state index in [4.69, 9.17) is 13.9 Å². The summed E-state index contributed by atoms with van der Waals surface area (Å²) in [6.45, 7) is 20.2. The van der Waals surface area contributed by atoms with Gasteiger partial charge < -0.3 is 34.8 Å². The first-order valence-corrected chi connectivity index (χ1v) is 25.8. The Morgan fingerprint density at radius 3 is 1.75 bits per heavy atom. The van der Waals surface area contributed by atoms with Gasteiger partial charge in [-0.3, -0.25) is 19.7 Å². The molecule has 6 amide bonds. The number of morpholine rings is 1. The second-order valence-corrected chi connectivity index (χ2v) is 24.8. The summed E-state index contributed by atoms with van der Waals surface area (Å²) < 4.78 is 59.3. The lowest BCUT2D eigenvalue weighted by molar-refractivity contribution is -0.137. The predicted octanol–water partition coefficient (Wildman–Crippen LogP) is 8.22. The maximum atomic E-state index is 14.9. The maximum absolute atomic E-state index is 14.9. The number of alkyl halides is 3. The average molecular weight is 954 g/mol. The molecule has 17 heteroatoms. The normalized spacial score (nSPS) is 15.9. The number of benzene rings is 3. The fraction of sp³-hybridized carbons (Fsp3) is 0.540. The Balaban J connectivity index is 1.74. The van der Waals surface area contributed by atoms with Crippen LogP contribution in [0.15, 0.2) is 84.9 Å². The van der Waals surface area contributed by atoms with Crippen molar-refractivity contribution < 1.29 is 51.0 Å². The SMILES string of the molecule is CC(C)C(NC(=O)C(Cc1ccc(C(F)(F)F)cc1)CC(O[Si](C)(C)C(C)(C)C)C(Cc1ccccc1)NC(=O)OC(C)(C)C)C(=O)NC(Cc1ccccc1)C(=O)NC(=O)N1CCOCC1. The summed E-state index contributed by atoms with van der Waals surface area (Å²) in [5, 5.41) is 10.8. The molecule has 1 saturated heterocycles.